The monoisotopic (exact) mass is 318 g/mol. The van der Waals surface area contributed by atoms with Gasteiger partial charge in [-0.05, 0) is 0 Å². The summed E-state index contributed by atoms with van der Waals surface area (Å²) in [7, 11) is 0. The molecule has 1 N–H and O–H groups in total. The number of rotatable bonds is 5. The SMILES string of the molecule is C[CH2][Ge]([C]#C/C(C)=N\Nc1ccccc1)([CH2]C)[CH2]C. The fraction of sp³-hybridized carbons (Fsp3) is 0.438. The van der Waals surface area contributed by atoms with Crippen molar-refractivity contribution in [2.75, 3.05) is 5.43 Å². The number of para-hydroxylation sites is 1. The van der Waals surface area contributed by atoms with Gasteiger partial charge in [-0.1, -0.05) is 0 Å². The summed E-state index contributed by atoms with van der Waals surface area (Å²) in [6.07, 6.45) is 0. The summed E-state index contributed by atoms with van der Waals surface area (Å²) in [5.41, 5.74) is 4.91. The van der Waals surface area contributed by atoms with Crippen LogP contribution in [0.15, 0.2) is 35.4 Å². The second kappa shape index (κ2) is 8.06. The normalized spacial score (nSPS) is 11.7. The molecular formula is C16H24GeN2. The van der Waals surface area contributed by atoms with Crippen molar-refractivity contribution in [3.05, 3.63) is 30.3 Å². The molecule has 0 atom stereocenters. The van der Waals surface area contributed by atoms with Crippen molar-refractivity contribution in [3.63, 3.8) is 0 Å². The van der Waals surface area contributed by atoms with Crippen molar-refractivity contribution in [2.24, 2.45) is 5.10 Å². The molecular weight excluding hydrogens is 293 g/mol. The van der Waals surface area contributed by atoms with Crippen molar-refractivity contribution in [1.29, 1.82) is 0 Å². The van der Waals surface area contributed by atoms with Crippen LogP contribution in [0.25, 0.3) is 0 Å². The first-order valence-electron chi connectivity index (χ1n) is 7.04. The first kappa shape index (κ1) is 15.8. The third-order valence-corrected chi connectivity index (χ3v) is 13.6. The first-order chi connectivity index (χ1) is 9.15. The zero-order valence-electron chi connectivity index (χ0n) is 12.5. The van der Waals surface area contributed by atoms with Crippen molar-refractivity contribution < 1.29 is 0 Å². The predicted octanol–water partition coefficient (Wildman–Crippen LogP) is 4.53. The Bertz CT molecular complexity index is 456. The fourth-order valence-corrected chi connectivity index (χ4v) is 7.12. The predicted molar refractivity (Wildman–Crippen MR) is 88.1 cm³/mol. The minimum atomic E-state index is -1.88. The summed E-state index contributed by atoms with van der Waals surface area (Å²) in [6, 6.07) is 9.97. The van der Waals surface area contributed by atoms with E-state index in [4.69, 9.17) is 0 Å². The molecule has 0 amide bonds. The van der Waals surface area contributed by atoms with Crippen LogP contribution in [-0.4, -0.2) is 19.0 Å². The van der Waals surface area contributed by atoms with E-state index in [1.807, 2.05) is 37.3 Å². The summed E-state index contributed by atoms with van der Waals surface area (Å²) < 4.78 is 3.59. The molecule has 1 aromatic rings. The summed E-state index contributed by atoms with van der Waals surface area (Å²) in [4.78, 5) is 0. The summed E-state index contributed by atoms with van der Waals surface area (Å²) in [6.45, 7) is 8.83. The van der Waals surface area contributed by atoms with E-state index < -0.39 is 13.3 Å². The standard InChI is InChI=1S/C16H24GeN2/c1-5-17(6-2,7-3)14-13-15(4)18-19-16-11-9-8-10-12-16/h8-12,19H,5-7H2,1-4H3/b18-15-. The molecule has 102 valence electrons. The van der Waals surface area contributed by atoms with Crippen molar-refractivity contribution in [3.8, 4) is 10.7 Å². The van der Waals surface area contributed by atoms with Crippen LogP contribution in [0.4, 0.5) is 5.69 Å². The quantitative estimate of drug-likeness (QED) is 0.367. The first-order valence-corrected chi connectivity index (χ1v) is 12.5. The van der Waals surface area contributed by atoms with Gasteiger partial charge in [0.05, 0.1) is 0 Å². The zero-order valence-corrected chi connectivity index (χ0v) is 14.6. The molecule has 3 heteroatoms. The molecule has 0 aliphatic rings. The van der Waals surface area contributed by atoms with Crippen LogP contribution in [0.2, 0.25) is 15.8 Å². The molecule has 0 aromatic heterocycles. The topological polar surface area (TPSA) is 24.4 Å². The number of anilines is 1. The molecule has 0 saturated carbocycles. The molecule has 0 heterocycles. The number of hydrazone groups is 1. The molecule has 0 aliphatic heterocycles. The van der Waals surface area contributed by atoms with Crippen LogP contribution < -0.4 is 5.43 Å². The molecule has 0 saturated heterocycles. The van der Waals surface area contributed by atoms with Gasteiger partial charge in [0.15, 0.2) is 0 Å². The van der Waals surface area contributed by atoms with Gasteiger partial charge in [-0.2, -0.15) is 0 Å². The van der Waals surface area contributed by atoms with Crippen LogP contribution in [0.1, 0.15) is 27.7 Å². The van der Waals surface area contributed by atoms with E-state index in [-0.39, 0.29) is 0 Å². The molecule has 1 aromatic carbocycles. The molecule has 19 heavy (non-hydrogen) atoms. The maximum absolute atomic E-state index is 4.32. The third kappa shape index (κ3) is 5.12. The van der Waals surface area contributed by atoms with Gasteiger partial charge < -0.3 is 0 Å². The number of nitrogens with zero attached hydrogens (tertiary/aromatic N) is 1. The molecule has 0 unspecified atom stereocenters. The summed E-state index contributed by atoms with van der Waals surface area (Å²) >= 11 is -1.88. The molecule has 2 nitrogen and oxygen atoms in total. The van der Waals surface area contributed by atoms with E-state index in [0.717, 1.165) is 11.4 Å². The van der Waals surface area contributed by atoms with E-state index in [2.05, 4.69) is 42.0 Å². The molecule has 0 bridgehead atoms. The molecule has 1 rings (SSSR count). The van der Waals surface area contributed by atoms with Gasteiger partial charge in [0.25, 0.3) is 0 Å². The minimum absolute atomic E-state index is 0.870. The Balaban J connectivity index is 2.71. The average molecular weight is 317 g/mol. The average Bonchev–Trinajstić information content (AvgIpc) is 2.48. The number of hydrogen-bond acceptors (Lipinski definition) is 2. The van der Waals surface area contributed by atoms with Gasteiger partial charge >= 0.3 is 120 Å². The van der Waals surface area contributed by atoms with Crippen molar-refractivity contribution in [1.82, 2.24) is 0 Å². The summed E-state index contributed by atoms with van der Waals surface area (Å²) in [5, 5.41) is 8.15. The number of nitrogens with one attached hydrogen (secondary N) is 1. The van der Waals surface area contributed by atoms with Crippen molar-refractivity contribution in [2.45, 2.75) is 43.5 Å². The Morgan fingerprint density at radius 2 is 1.68 bits per heavy atom. The summed E-state index contributed by atoms with van der Waals surface area (Å²) in [5.74, 6) is 3.27. The van der Waals surface area contributed by atoms with Gasteiger partial charge in [0, 0.05) is 0 Å². The van der Waals surface area contributed by atoms with E-state index in [1.54, 1.807) is 0 Å². The van der Waals surface area contributed by atoms with E-state index in [1.165, 1.54) is 15.8 Å². The Kier molecular flexibility index (Phi) is 6.73. The van der Waals surface area contributed by atoms with Gasteiger partial charge in [-0.3, -0.25) is 0 Å². The van der Waals surface area contributed by atoms with Gasteiger partial charge in [0.2, 0.25) is 0 Å². The Morgan fingerprint density at radius 3 is 2.21 bits per heavy atom. The van der Waals surface area contributed by atoms with Crippen LogP contribution >= 0.6 is 0 Å². The van der Waals surface area contributed by atoms with E-state index in [0.29, 0.717) is 0 Å². The van der Waals surface area contributed by atoms with Gasteiger partial charge in [-0.25, -0.2) is 0 Å². The second-order valence-corrected chi connectivity index (χ2v) is 15.1. The number of hydrogen-bond donors (Lipinski definition) is 1. The Labute approximate surface area is 120 Å². The molecule has 0 aliphatic carbocycles. The number of benzene rings is 1. The molecule has 0 fully saturated rings. The van der Waals surface area contributed by atoms with Crippen LogP contribution in [0.5, 0.6) is 0 Å². The van der Waals surface area contributed by atoms with Gasteiger partial charge in [-0.15, -0.1) is 0 Å². The zero-order chi connectivity index (χ0) is 14.1. The Hall–Kier alpha value is -1.21. The molecule has 0 radical (unpaired) electrons. The molecule has 0 spiro atoms. The van der Waals surface area contributed by atoms with Crippen molar-refractivity contribution >= 4 is 24.7 Å². The third-order valence-electron chi connectivity index (χ3n) is 3.67. The maximum atomic E-state index is 4.32. The van der Waals surface area contributed by atoms with Gasteiger partial charge in [0.1, 0.15) is 0 Å². The van der Waals surface area contributed by atoms with Crippen LogP contribution in [0, 0.1) is 10.7 Å². The fourth-order valence-electron chi connectivity index (χ4n) is 1.93. The van der Waals surface area contributed by atoms with Crippen LogP contribution in [-0.2, 0) is 0 Å². The second-order valence-electron chi connectivity index (χ2n) is 4.77. The Morgan fingerprint density at radius 1 is 1.11 bits per heavy atom. The van der Waals surface area contributed by atoms with Crippen LogP contribution in [0.3, 0.4) is 0 Å². The van der Waals surface area contributed by atoms with E-state index >= 15 is 0 Å². The van der Waals surface area contributed by atoms with E-state index in [9.17, 15) is 0 Å².